The topological polar surface area (TPSA) is 76.9 Å². The third-order valence-electron chi connectivity index (χ3n) is 6.53. The normalized spacial score (nSPS) is 24.8. The molecule has 0 saturated carbocycles. The number of phenolic OH excluding ortho intramolecular Hbond substituents is 1. The van der Waals surface area contributed by atoms with E-state index in [-0.39, 0.29) is 17.7 Å². The van der Waals surface area contributed by atoms with Crippen molar-refractivity contribution in [1.29, 1.82) is 0 Å². The van der Waals surface area contributed by atoms with E-state index in [1.54, 1.807) is 12.1 Å². The first-order valence-electron chi connectivity index (χ1n) is 11.0. The van der Waals surface area contributed by atoms with E-state index in [4.69, 9.17) is 0 Å². The maximum atomic E-state index is 12.7. The summed E-state index contributed by atoms with van der Waals surface area (Å²) in [4.78, 5) is 19.6. The number of nitrogens with one attached hydrogen (secondary N) is 1. The van der Waals surface area contributed by atoms with Crippen molar-refractivity contribution in [3.63, 3.8) is 0 Å². The molecule has 2 unspecified atom stereocenters. The van der Waals surface area contributed by atoms with E-state index in [0.29, 0.717) is 6.04 Å². The smallest absolute Gasteiger partial charge is 0.240 e. The molecule has 3 aliphatic rings. The maximum Gasteiger partial charge on any atom is 0.240 e. The van der Waals surface area contributed by atoms with Crippen molar-refractivity contribution in [3.05, 3.63) is 36.0 Å². The fourth-order valence-corrected chi connectivity index (χ4v) is 5.76. The number of hydrogen-bond acceptors (Lipinski definition) is 7. The number of thioether (sulfide) groups is 1. The van der Waals surface area contributed by atoms with Gasteiger partial charge in [-0.1, -0.05) is 0 Å². The van der Waals surface area contributed by atoms with Crippen molar-refractivity contribution < 1.29 is 9.90 Å². The van der Waals surface area contributed by atoms with E-state index < -0.39 is 0 Å². The fraction of sp³-hybridized carbons (Fsp3) is 0.545. The standard InChI is InChI=1S/C22H30N6O2S/c1-16-12-21(28(24-16)17-2-4-19(29)5-3-17)26-8-6-25(7-9-26)18-13-20(23-14-18)22(30)27-10-11-31-15-27/h2-5,12,18,20,23,29H,6-11,13-15H2,1H3. The molecule has 2 atom stereocenters. The zero-order chi connectivity index (χ0) is 21.4. The van der Waals surface area contributed by atoms with Gasteiger partial charge in [0.25, 0.3) is 0 Å². The highest BCUT2D eigenvalue weighted by Crippen LogP contribution is 2.26. The van der Waals surface area contributed by atoms with Crippen LogP contribution in [0.3, 0.4) is 0 Å². The van der Waals surface area contributed by atoms with E-state index in [0.717, 1.165) is 74.5 Å². The Morgan fingerprint density at radius 3 is 2.65 bits per heavy atom. The quantitative estimate of drug-likeness (QED) is 0.739. The third-order valence-corrected chi connectivity index (χ3v) is 7.50. The predicted molar refractivity (Wildman–Crippen MR) is 123 cm³/mol. The summed E-state index contributed by atoms with van der Waals surface area (Å²) in [5.74, 6) is 3.53. The van der Waals surface area contributed by atoms with Crippen LogP contribution < -0.4 is 10.2 Å². The minimum Gasteiger partial charge on any atom is -0.508 e. The Morgan fingerprint density at radius 1 is 1.16 bits per heavy atom. The van der Waals surface area contributed by atoms with Crippen LogP contribution in [0.1, 0.15) is 12.1 Å². The van der Waals surface area contributed by atoms with Crippen LogP contribution in [0, 0.1) is 6.92 Å². The summed E-state index contributed by atoms with van der Waals surface area (Å²) in [7, 11) is 0. The van der Waals surface area contributed by atoms with Gasteiger partial charge in [0.05, 0.1) is 23.3 Å². The van der Waals surface area contributed by atoms with Crippen LogP contribution in [0.2, 0.25) is 0 Å². The highest BCUT2D eigenvalue weighted by Gasteiger charge is 2.36. The average Bonchev–Trinajstić information content (AvgIpc) is 3.55. The van der Waals surface area contributed by atoms with Crippen molar-refractivity contribution in [2.75, 3.05) is 55.8 Å². The molecule has 0 bridgehead atoms. The zero-order valence-corrected chi connectivity index (χ0v) is 18.7. The Labute approximate surface area is 187 Å². The summed E-state index contributed by atoms with van der Waals surface area (Å²) in [6, 6.07) is 9.70. The van der Waals surface area contributed by atoms with Crippen molar-refractivity contribution >= 4 is 23.5 Å². The number of phenols is 1. The van der Waals surface area contributed by atoms with Gasteiger partial charge in [0.15, 0.2) is 0 Å². The lowest BCUT2D eigenvalue weighted by molar-refractivity contribution is -0.131. The van der Waals surface area contributed by atoms with Gasteiger partial charge in [0, 0.05) is 57.1 Å². The molecule has 0 radical (unpaired) electrons. The predicted octanol–water partition coefficient (Wildman–Crippen LogP) is 1.27. The Bertz CT molecular complexity index is 919. The number of anilines is 1. The van der Waals surface area contributed by atoms with Gasteiger partial charge >= 0.3 is 0 Å². The molecule has 0 spiro atoms. The molecule has 1 amide bonds. The minimum absolute atomic E-state index is 0.0275. The van der Waals surface area contributed by atoms with Crippen LogP contribution in [0.5, 0.6) is 5.75 Å². The number of carbonyl (C=O) groups excluding carboxylic acids is 1. The van der Waals surface area contributed by atoms with E-state index >= 15 is 0 Å². The maximum absolute atomic E-state index is 12.7. The van der Waals surface area contributed by atoms with E-state index in [9.17, 15) is 9.90 Å². The largest absolute Gasteiger partial charge is 0.508 e. The summed E-state index contributed by atoms with van der Waals surface area (Å²) in [6.07, 6.45) is 0.907. The Balaban J connectivity index is 1.21. The first kappa shape index (κ1) is 20.7. The number of benzene rings is 1. The van der Waals surface area contributed by atoms with E-state index in [2.05, 4.69) is 26.3 Å². The molecule has 5 rings (SSSR count). The lowest BCUT2D eigenvalue weighted by Crippen LogP contribution is -2.51. The third kappa shape index (κ3) is 4.26. The van der Waals surface area contributed by atoms with Crippen molar-refractivity contribution in [1.82, 2.24) is 24.9 Å². The molecule has 9 heteroatoms. The second kappa shape index (κ2) is 8.72. The Kier molecular flexibility index (Phi) is 5.81. The summed E-state index contributed by atoms with van der Waals surface area (Å²) in [5, 5.41) is 17.7. The lowest BCUT2D eigenvalue weighted by atomic mass is 10.1. The van der Waals surface area contributed by atoms with Crippen LogP contribution in [0.4, 0.5) is 5.82 Å². The SMILES string of the molecule is Cc1cc(N2CCN(C3CNC(C(=O)N4CCSC4)C3)CC2)n(-c2ccc(O)cc2)n1. The van der Waals surface area contributed by atoms with Gasteiger partial charge in [-0.25, -0.2) is 4.68 Å². The summed E-state index contributed by atoms with van der Waals surface area (Å²) >= 11 is 1.84. The number of carbonyl (C=O) groups is 1. The van der Waals surface area contributed by atoms with Gasteiger partial charge in [0.1, 0.15) is 11.6 Å². The van der Waals surface area contributed by atoms with Crippen LogP contribution >= 0.6 is 11.8 Å². The first-order chi connectivity index (χ1) is 15.1. The van der Waals surface area contributed by atoms with E-state index in [1.165, 1.54) is 0 Å². The molecule has 2 aromatic rings. The second-order valence-electron chi connectivity index (χ2n) is 8.58. The fourth-order valence-electron chi connectivity index (χ4n) is 4.80. The zero-order valence-electron chi connectivity index (χ0n) is 17.9. The summed E-state index contributed by atoms with van der Waals surface area (Å²) in [6.45, 7) is 7.61. The van der Waals surface area contributed by atoms with Crippen molar-refractivity contribution in [2.45, 2.75) is 25.4 Å². The molecule has 2 N–H and O–H groups in total. The monoisotopic (exact) mass is 442 g/mol. The molecule has 0 aliphatic carbocycles. The van der Waals surface area contributed by atoms with Gasteiger partial charge in [-0.15, -0.1) is 11.8 Å². The number of nitrogens with zero attached hydrogens (tertiary/aromatic N) is 5. The molecular formula is C22H30N6O2S. The summed E-state index contributed by atoms with van der Waals surface area (Å²) < 4.78 is 1.96. The van der Waals surface area contributed by atoms with Crippen LogP contribution in [-0.2, 0) is 4.79 Å². The molecule has 1 aromatic heterocycles. The minimum atomic E-state index is -0.0275. The van der Waals surface area contributed by atoms with Gasteiger partial charge in [0.2, 0.25) is 5.91 Å². The number of aromatic nitrogens is 2. The lowest BCUT2D eigenvalue weighted by Gasteiger charge is -2.38. The number of piperazine rings is 1. The van der Waals surface area contributed by atoms with Gasteiger partial charge < -0.3 is 20.2 Å². The molecule has 4 heterocycles. The number of aromatic hydroxyl groups is 1. The molecule has 3 fully saturated rings. The molecule has 3 saturated heterocycles. The van der Waals surface area contributed by atoms with Gasteiger partial charge in [-0.05, 0) is 37.6 Å². The number of rotatable bonds is 4. The molecule has 1 aromatic carbocycles. The van der Waals surface area contributed by atoms with Crippen LogP contribution in [-0.4, -0.2) is 93.6 Å². The molecule has 31 heavy (non-hydrogen) atoms. The van der Waals surface area contributed by atoms with Gasteiger partial charge in [-0.3, -0.25) is 9.69 Å². The molecule has 3 aliphatic heterocycles. The van der Waals surface area contributed by atoms with Crippen LogP contribution in [0.15, 0.2) is 30.3 Å². The van der Waals surface area contributed by atoms with Gasteiger partial charge in [-0.2, -0.15) is 5.10 Å². The van der Waals surface area contributed by atoms with E-state index in [1.807, 2.05) is 40.4 Å². The molecule has 8 nitrogen and oxygen atoms in total. The highest BCUT2D eigenvalue weighted by molar-refractivity contribution is 7.99. The summed E-state index contributed by atoms with van der Waals surface area (Å²) in [5.41, 5.74) is 1.93. The van der Waals surface area contributed by atoms with Crippen LogP contribution in [0.25, 0.3) is 5.69 Å². The number of hydrogen-bond donors (Lipinski definition) is 2. The number of amides is 1. The second-order valence-corrected chi connectivity index (χ2v) is 9.66. The molecule has 166 valence electrons. The Hall–Kier alpha value is -2.23. The molecular weight excluding hydrogens is 412 g/mol. The van der Waals surface area contributed by atoms with Crippen molar-refractivity contribution in [2.24, 2.45) is 0 Å². The Morgan fingerprint density at radius 2 is 1.94 bits per heavy atom. The first-order valence-corrected chi connectivity index (χ1v) is 12.2. The average molecular weight is 443 g/mol. The van der Waals surface area contributed by atoms with Crippen molar-refractivity contribution in [3.8, 4) is 11.4 Å². The number of aryl methyl sites for hydroxylation is 1. The highest BCUT2D eigenvalue weighted by atomic mass is 32.2.